The topological polar surface area (TPSA) is 0 Å². The second-order valence-corrected chi connectivity index (χ2v) is 7.34. The van der Waals surface area contributed by atoms with Crippen LogP contribution in [0, 0.1) is 0 Å². The van der Waals surface area contributed by atoms with Crippen LogP contribution in [0.4, 0.5) is 0 Å². The van der Waals surface area contributed by atoms with Gasteiger partial charge in [-0.3, -0.25) is 0 Å². The van der Waals surface area contributed by atoms with Gasteiger partial charge in [-0.15, -0.1) is 0 Å². The average Bonchev–Trinajstić information content (AvgIpc) is 2.37. The molecule has 13 heavy (non-hydrogen) atoms. The van der Waals surface area contributed by atoms with E-state index in [1.54, 1.807) is 5.31 Å². The first-order valence-electron chi connectivity index (χ1n) is 4.77. The molecule has 0 spiro atoms. The molecule has 0 bridgehead atoms. The van der Waals surface area contributed by atoms with Crippen LogP contribution in [0.5, 0.6) is 0 Å². The molecule has 0 aromatic rings. The predicted molar refractivity (Wildman–Crippen MR) is 60.1 cm³/mol. The van der Waals surface area contributed by atoms with Crippen LogP contribution in [0.1, 0.15) is 35.5 Å². The fourth-order valence-electron chi connectivity index (χ4n) is 1.89. The maximum atomic E-state index is 2.35. The fraction of sp³-hybridized carbons (Fsp3) is 0.636. The van der Waals surface area contributed by atoms with Crippen molar-refractivity contribution in [1.82, 2.24) is 0 Å². The van der Waals surface area contributed by atoms with E-state index >= 15 is 0 Å². The Bertz CT molecular complexity index is 201. The second kappa shape index (κ2) is 6.08. The minimum atomic E-state index is 0. The Morgan fingerprint density at radius 3 is 2.08 bits per heavy atom. The molecule has 0 aliphatic heterocycles. The van der Waals surface area contributed by atoms with Crippen LogP contribution in [0.25, 0.3) is 0 Å². The van der Waals surface area contributed by atoms with Gasteiger partial charge in [0.1, 0.15) is 0 Å². The Morgan fingerprint density at radius 1 is 1.23 bits per heavy atom. The molecule has 0 saturated carbocycles. The van der Waals surface area contributed by atoms with Crippen molar-refractivity contribution >= 4 is 7.92 Å². The van der Waals surface area contributed by atoms with E-state index in [0.29, 0.717) is 0 Å². The zero-order valence-electron chi connectivity index (χ0n) is 10.5. The van der Waals surface area contributed by atoms with Gasteiger partial charge in [-0.1, -0.05) is 53.8 Å². The number of rotatable bonds is 3. The first kappa shape index (κ1) is 13.5. The summed E-state index contributed by atoms with van der Waals surface area (Å²) in [6, 6.07) is 0. The third kappa shape index (κ3) is 3.63. The minimum absolute atomic E-state index is 0. The summed E-state index contributed by atoms with van der Waals surface area (Å²) in [5.41, 5.74) is 1.68. The molecule has 1 aliphatic carbocycles. The molecule has 0 unspecified atom stereocenters. The summed E-state index contributed by atoms with van der Waals surface area (Å²) in [6.07, 6.45) is 8.01. The molecule has 2 heteroatoms. The molecular formula is C11H20LiP. The molecular weight excluding hydrogens is 170 g/mol. The van der Waals surface area contributed by atoms with Crippen molar-refractivity contribution < 1.29 is 20.3 Å². The van der Waals surface area contributed by atoms with Crippen LogP contribution < -0.4 is 18.9 Å². The normalized spacial score (nSPS) is 15.5. The summed E-state index contributed by atoms with van der Waals surface area (Å²) in [5, 5.41) is 1.69. The molecule has 0 aromatic heterocycles. The second-order valence-electron chi connectivity index (χ2n) is 3.89. The molecule has 0 nitrogen and oxygen atoms in total. The fourth-order valence-corrected chi connectivity index (χ4v) is 4.98. The van der Waals surface area contributed by atoms with Gasteiger partial charge in [-0.2, -0.15) is 0 Å². The Labute approximate surface area is 97.3 Å². The van der Waals surface area contributed by atoms with E-state index in [1.165, 1.54) is 6.42 Å². The number of hydrogen-bond donors (Lipinski definition) is 0. The Hall–Kier alpha value is 0.507. The molecule has 0 heterocycles. The summed E-state index contributed by atoms with van der Waals surface area (Å²) in [4.78, 5) is 0. The summed E-state index contributed by atoms with van der Waals surface area (Å²) in [5.74, 6) is 0. The minimum Gasteiger partial charge on any atom is -1.00 e. The van der Waals surface area contributed by atoms with Crippen molar-refractivity contribution in [1.29, 1.82) is 0 Å². The predicted octanol–water partition coefficient (Wildman–Crippen LogP) is 1.25. The molecule has 1 aliphatic rings. The van der Waals surface area contributed by atoms with Gasteiger partial charge in [0.05, 0.1) is 0 Å². The van der Waals surface area contributed by atoms with E-state index in [9.17, 15) is 0 Å². The van der Waals surface area contributed by atoms with Crippen LogP contribution in [-0.2, 0) is 0 Å². The van der Waals surface area contributed by atoms with E-state index in [2.05, 4.69) is 45.9 Å². The summed E-state index contributed by atoms with van der Waals surface area (Å²) < 4.78 is 0. The first-order valence-corrected chi connectivity index (χ1v) is 6.25. The zero-order valence-corrected chi connectivity index (χ0v) is 10.4. The molecule has 0 N–H and O–H groups in total. The molecule has 0 saturated heterocycles. The van der Waals surface area contributed by atoms with Gasteiger partial charge >= 0.3 is 18.9 Å². The number of allylic oxidation sites excluding steroid dienone is 4. The van der Waals surface area contributed by atoms with E-state index in [4.69, 9.17) is 0 Å². The van der Waals surface area contributed by atoms with E-state index in [1.807, 2.05) is 0 Å². The van der Waals surface area contributed by atoms with Crippen molar-refractivity contribution in [2.45, 2.75) is 45.4 Å². The SMILES string of the molecule is CC(C)P(C1=CC=CC1)C(C)C.[H-].[Li+]. The van der Waals surface area contributed by atoms with Crippen molar-refractivity contribution in [3.8, 4) is 0 Å². The molecule has 0 amide bonds. The maximum absolute atomic E-state index is 2.35. The van der Waals surface area contributed by atoms with Crippen LogP contribution in [0.15, 0.2) is 23.5 Å². The maximum Gasteiger partial charge on any atom is 1.00 e. The number of hydrogen-bond acceptors (Lipinski definition) is 0. The molecule has 0 atom stereocenters. The van der Waals surface area contributed by atoms with Gasteiger partial charge < -0.3 is 1.43 Å². The van der Waals surface area contributed by atoms with Gasteiger partial charge in [-0.05, 0) is 23.1 Å². The van der Waals surface area contributed by atoms with Crippen molar-refractivity contribution in [3.05, 3.63) is 23.5 Å². The van der Waals surface area contributed by atoms with Crippen LogP contribution in [0.2, 0.25) is 0 Å². The van der Waals surface area contributed by atoms with E-state index in [0.717, 1.165) is 11.3 Å². The smallest absolute Gasteiger partial charge is 1.00 e. The summed E-state index contributed by atoms with van der Waals surface area (Å²) in [6.45, 7) is 9.41. The first-order chi connectivity index (χ1) is 5.63. The van der Waals surface area contributed by atoms with Gasteiger partial charge in [0, 0.05) is 0 Å². The van der Waals surface area contributed by atoms with E-state index in [-0.39, 0.29) is 28.2 Å². The largest absolute Gasteiger partial charge is 1.00 e. The van der Waals surface area contributed by atoms with Crippen LogP contribution in [0.3, 0.4) is 0 Å². The van der Waals surface area contributed by atoms with Gasteiger partial charge in [0.2, 0.25) is 0 Å². The monoisotopic (exact) mass is 190 g/mol. The molecule has 0 fully saturated rings. The summed E-state index contributed by atoms with van der Waals surface area (Å²) in [7, 11) is 0.119. The zero-order chi connectivity index (χ0) is 9.14. The molecule has 0 aromatic carbocycles. The Kier molecular flexibility index (Phi) is 6.32. The average molecular weight is 190 g/mol. The quantitative estimate of drug-likeness (QED) is 0.464. The van der Waals surface area contributed by atoms with Crippen LogP contribution >= 0.6 is 7.92 Å². The van der Waals surface area contributed by atoms with Gasteiger partial charge in [-0.25, -0.2) is 0 Å². The molecule has 1 rings (SSSR count). The standard InChI is InChI=1S/C11H19P.Li.H/c1-9(2)12(10(3)4)11-7-5-6-8-11;;/h5-7,9-10H,8H2,1-4H3;;/q;+1;-1. The third-order valence-electron chi connectivity index (χ3n) is 2.20. The third-order valence-corrected chi connectivity index (χ3v) is 5.42. The van der Waals surface area contributed by atoms with Crippen molar-refractivity contribution in [2.75, 3.05) is 0 Å². The van der Waals surface area contributed by atoms with E-state index < -0.39 is 0 Å². The van der Waals surface area contributed by atoms with Gasteiger partial charge in [0.25, 0.3) is 0 Å². The van der Waals surface area contributed by atoms with Crippen molar-refractivity contribution in [2.24, 2.45) is 0 Å². The Morgan fingerprint density at radius 2 is 1.77 bits per heavy atom. The summed E-state index contributed by atoms with van der Waals surface area (Å²) >= 11 is 0. The van der Waals surface area contributed by atoms with Gasteiger partial charge in [0.15, 0.2) is 0 Å². The van der Waals surface area contributed by atoms with Crippen LogP contribution in [-0.4, -0.2) is 11.3 Å². The van der Waals surface area contributed by atoms with Crippen molar-refractivity contribution in [3.63, 3.8) is 0 Å². The Balaban J connectivity index is 0. The molecule has 70 valence electrons. The molecule has 0 radical (unpaired) electrons.